The first-order valence-electron chi connectivity index (χ1n) is 12.5. The van der Waals surface area contributed by atoms with Crippen LogP contribution >= 0.6 is 0 Å². The van der Waals surface area contributed by atoms with Crippen molar-refractivity contribution in [3.63, 3.8) is 0 Å². The Morgan fingerprint density at radius 1 is 1.08 bits per heavy atom. The Morgan fingerprint density at radius 2 is 1.86 bits per heavy atom. The highest BCUT2D eigenvalue weighted by molar-refractivity contribution is 6.05. The van der Waals surface area contributed by atoms with E-state index in [2.05, 4.69) is 37.5 Å². The number of anilines is 2. The molecule has 0 unspecified atom stereocenters. The fourth-order valence-electron chi connectivity index (χ4n) is 4.31. The molecule has 4 rings (SSSR count). The van der Waals surface area contributed by atoms with Gasteiger partial charge in [0, 0.05) is 30.7 Å². The highest BCUT2D eigenvalue weighted by Gasteiger charge is 2.17. The topological polar surface area (TPSA) is 105 Å². The van der Waals surface area contributed by atoms with Crippen LogP contribution in [0.25, 0.3) is 11.6 Å². The third-order valence-electron chi connectivity index (χ3n) is 6.25. The van der Waals surface area contributed by atoms with E-state index in [9.17, 15) is 14.0 Å². The second-order valence-electron chi connectivity index (χ2n) is 9.27. The number of hydrogen-bond acceptors (Lipinski definition) is 6. The van der Waals surface area contributed by atoms with Gasteiger partial charge < -0.3 is 10.6 Å². The van der Waals surface area contributed by atoms with Crippen LogP contribution in [-0.2, 0) is 11.8 Å². The molecule has 2 N–H and O–H groups in total. The van der Waals surface area contributed by atoms with Crippen molar-refractivity contribution >= 4 is 34.8 Å². The summed E-state index contributed by atoms with van der Waals surface area (Å²) < 4.78 is 16.2. The first-order chi connectivity index (χ1) is 17.8. The summed E-state index contributed by atoms with van der Waals surface area (Å²) in [5.74, 6) is -1.57. The minimum absolute atomic E-state index is 0.122. The maximum absolute atomic E-state index is 14.4. The Bertz CT molecular complexity index is 1310. The van der Waals surface area contributed by atoms with Gasteiger partial charge in [-0.05, 0) is 68.6 Å². The maximum Gasteiger partial charge on any atom is 0.257 e. The summed E-state index contributed by atoms with van der Waals surface area (Å²) >= 11 is 0. The van der Waals surface area contributed by atoms with Gasteiger partial charge in [-0.25, -0.2) is 4.98 Å². The van der Waals surface area contributed by atoms with E-state index in [1.807, 2.05) is 32.4 Å². The normalized spacial score (nSPS) is 14.1. The maximum atomic E-state index is 14.4. The van der Waals surface area contributed by atoms with E-state index in [0.29, 0.717) is 5.69 Å². The summed E-state index contributed by atoms with van der Waals surface area (Å²) in [6.45, 7) is 6.02. The lowest BCUT2D eigenvalue weighted by Gasteiger charge is -2.14. The number of aromatic nitrogens is 4. The van der Waals surface area contributed by atoms with Gasteiger partial charge in [0.05, 0.1) is 35.9 Å². The van der Waals surface area contributed by atoms with Crippen molar-refractivity contribution in [1.29, 1.82) is 0 Å². The zero-order valence-corrected chi connectivity index (χ0v) is 21.4. The molecule has 0 saturated carbocycles. The summed E-state index contributed by atoms with van der Waals surface area (Å²) in [6.07, 6.45) is 12.4. The van der Waals surface area contributed by atoms with Crippen molar-refractivity contribution in [2.45, 2.75) is 39.5 Å². The molecular formula is C27H32FN7O2. The number of carbonyl (C=O) groups excluding carboxylic acids is 2. The standard InChI is InChI=1S/C27H32FN7O2/c1-4-7-19(22-14-31-34(3)16-22)10-20-11-21(13-29-18(20)2)27(37)33-24-12-23(15-30-26(24)28)32-25(36)17-35-8-5-6-9-35/h10-16H,4-9,17H2,1-3H3,(H,32,36)(H,33,37)/b19-10+. The quantitative estimate of drug-likeness (QED) is 0.421. The van der Waals surface area contributed by atoms with Crippen LogP contribution in [0.5, 0.6) is 0 Å². The van der Waals surface area contributed by atoms with Gasteiger partial charge in [0.1, 0.15) is 0 Å². The first kappa shape index (κ1) is 26.2. The van der Waals surface area contributed by atoms with Crippen LogP contribution < -0.4 is 10.6 Å². The van der Waals surface area contributed by atoms with Gasteiger partial charge in [-0.3, -0.25) is 24.2 Å². The van der Waals surface area contributed by atoms with Crippen LogP contribution in [0.2, 0.25) is 0 Å². The highest BCUT2D eigenvalue weighted by Crippen LogP contribution is 2.25. The Kier molecular flexibility index (Phi) is 8.39. The van der Waals surface area contributed by atoms with Gasteiger partial charge in [0.2, 0.25) is 11.9 Å². The first-order valence-corrected chi connectivity index (χ1v) is 12.5. The SMILES string of the molecule is CCC/C(=C\c1cc(C(=O)Nc2cc(NC(=O)CN3CCCC3)cnc2F)cnc1C)c1cnn(C)c1. The smallest absolute Gasteiger partial charge is 0.257 e. The van der Waals surface area contributed by atoms with Crippen LogP contribution in [-0.4, -0.2) is 56.1 Å². The summed E-state index contributed by atoms with van der Waals surface area (Å²) in [5, 5.41) is 9.55. The summed E-state index contributed by atoms with van der Waals surface area (Å²) in [5.41, 5.74) is 4.13. The van der Waals surface area contributed by atoms with Gasteiger partial charge in [-0.2, -0.15) is 9.49 Å². The number of amides is 2. The Labute approximate surface area is 215 Å². The van der Waals surface area contributed by atoms with E-state index in [1.54, 1.807) is 10.7 Å². The number of nitrogens with zero attached hydrogens (tertiary/aromatic N) is 5. The average molecular weight is 506 g/mol. The third kappa shape index (κ3) is 6.85. The molecule has 2 amide bonds. The van der Waals surface area contributed by atoms with Crippen molar-refractivity contribution < 1.29 is 14.0 Å². The minimum atomic E-state index is -0.840. The van der Waals surface area contributed by atoms with Crippen molar-refractivity contribution in [2.24, 2.45) is 7.05 Å². The van der Waals surface area contributed by atoms with Crippen LogP contribution in [0.15, 0.2) is 36.9 Å². The Morgan fingerprint density at radius 3 is 2.57 bits per heavy atom. The molecule has 194 valence electrons. The van der Waals surface area contributed by atoms with Gasteiger partial charge in [-0.1, -0.05) is 13.3 Å². The lowest BCUT2D eigenvalue weighted by atomic mass is 10.00. The monoisotopic (exact) mass is 505 g/mol. The molecule has 1 aliphatic rings. The number of hydrogen-bond donors (Lipinski definition) is 2. The third-order valence-corrected chi connectivity index (χ3v) is 6.25. The molecule has 4 heterocycles. The molecule has 0 aromatic carbocycles. The number of rotatable bonds is 9. The predicted octanol–water partition coefficient (Wildman–Crippen LogP) is 4.28. The van der Waals surface area contributed by atoms with Gasteiger partial charge in [-0.15, -0.1) is 0 Å². The number of nitrogens with one attached hydrogen (secondary N) is 2. The minimum Gasteiger partial charge on any atom is -0.324 e. The number of pyridine rings is 2. The Hall–Kier alpha value is -3.92. The number of allylic oxidation sites excluding steroid dienone is 1. The Balaban J connectivity index is 1.50. The number of carbonyl (C=O) groups is 2. The van der Waals surface area contributed by atoms with Gasteiger partial charge in [0.25, 0.3) is 5.91 Å². The van der Waals surface area contributed by atoms with Crippen molar-refractivity contribution in [1.82, 2.24) is 24.6 Å². The van der Waals surface area contributed by atoms with Crippen molar-refractivity contribution in [3.05, 3.63) is 65.3 Å². The number of halogens is 1. The lowest BCUT2D eigenvalue weighted by Crippen LogP contribution is -2.31. The summed E-state index contributed by atoms with van der Waals surface area (Å²) in [6, 6.07) is 3.10. The molecule has 10 heteroatoms. The van der Waals surface area contributed by atoms with E-state index in [-0.39, 0.29) is 23.7 Å². The lowest BCUT2D eigenvalue weighted by molar-refractivity contribution is -0.117. The van der Waals surface area contributed by atoms with E-state index in [4.69, 9.17) is 0 Å². The summed E-state index contributed by atoms with van der Waals surface area (Å²) in [4.78, 5) is 35.5. The van der Waals surface area contributed by atoms with Crippen molar-refractivity contribution in [2.75, 3.05) is 30.3 Å². The molecule has 3 aromatic rings. The number of likely N-dealkylation sites (tertiary alicyclic amines) is 1. The second kappa shape index (κ2) is 11.9. The van der Waals surface area contributed by atoms with E-state index in [1.165, 1.54) is 18.5 Å². The predicted molar refractivity (Wildman–Crippen MR) is 141 cm³/mol. The molecule has 0 bridgehead atoms. The van der Waals surface area contributed by atoms with E-state index >= 15 is 0 Å². The van der Waals surface area contributed by atoms with Crippen LogP contribution in [0, 0.1) is 12.9 Å². The fraction of sp³-hybridized carbons (Fsp3) is 0.370. The molecule has 37 heavy (non-hydrogen) atoms. The average Bonchev–Trinajstić information content (AvgIpc) is 3.53. The molecule has 3 aromatic heterocycles. The summed E-state index contributed by atoms with van der Waals surface area (Å²) in [7, 11) is 1.87. The van der Waals surface area contributed by atoms with Crippen LogP contribution in [0.3, 0.4) is 0 Å². The molecule has 0 radical (unpaired) electrons. The molecule has 1 aliphatic heterocycles. The largest absolute Gasteiger partial charge is 0.324 e. The zero-order chi connectivity index (χ0) is 26.4. The molecule has 0 aliphatic carbocycles. The van der Waals surface area contributed by atoms with E-state index < -0.39 is 11.9 Å². The van der Waals surface area contributed by atoms with Crippen LogP contribution in [0.1, 0.15) is 59.8 Å². The number of aryl methyl sites for hydroxylation is 2. The highest BCUT2D eigenvalue weighted by atomic mass is 19.1. The van der Waals surface area contributed by atoms with Gasteiger partial charge >= 0.3 is 0 Å². The molecule has 0 atom stereocenters. The van der Waals surface area contributed by atoms with Crippen molar-refractivity contribution in [3.8, 4) is 0 Å². The van der Waals surface area contributed by atoms with Gasteiger partial charge in [0.15, 0.2) is 0 Å². The molecule has 1 saturated heterocycles. The molecular weight excluding hydrogens is 473 g/mol. The second-order valence-corrected chi connectivity index (χ2v) is 9.27. The molecule has 9 nitrogen and oxygen atoms in total. The molecule has 1 fully saturated rings. The van der Waals surface area contributed by atoms with E-state index in [0.717, 1.165) is 61.2 Å². The van der Waals surface area contributed by atoms with Crippen LogP contribution in [0.4, 0.5) is 15.8 Å². The zero-order valence-electron chi connectivity index (χ0n) is 21.4. The molecule has 0 spiro atoms. The fourth-order valence-corrected chi connectivity index (χ4v) is 4.31.